The molecular formula is C22H28Cl2O4. The van der Waals surface area contributed by atoms with E-state index in [1.54, 1.807) is 0 Å². The van der Waals surface area contributed by atoms with Crippen LogP contribution in [-0.4, -0.2) is 36.1 Å². The lowest BCUT2D eigenvalue weighted by atomic mass is 9.78. The van der Waals surface area contributed by atoms with E-state index < -0.39 is 6.10 Å². The molecule has 2 N–H and O–H groups in total. The van der Waals surface area contributed by atoms with Crippen LogP contribution in [0.15, 0.2) is 36.4 Å². The van der Waals surface area contributed by atoms with Crippen molar-refractivity contribution in [2.24, 2.45) is 0 Å². The summed E-state index contributed by atoms with van der Waals surface area (Å²) in [5.41, 5.74) is 1.71. The monoisotopic (exact) mass is 426 g/mol. The summed E-state index contributed by atoms with van der Waals surface area (Å²) in [6.07, 6.45) is 1.10. The predicted molar refractivity (Wildman–Crippen MR) is 114 cm³/mol. The Kier molecular flexibility index (Phi) is 8.44. The number of benzene rings is 2. The van der Waals surface area contributed by atoms with E-state index in [1.807, 2.05) is 36.4 Å². The van der Waals surface area contributed by atoms with E-state index in [0.717, 1.165) is 24.0 Å². The van der Waals surface area contributed by atoms with Crippen LogP contribution in [0, 0.1) is 0 Å². The Morgan fingerprint density at radius 2 is 1.61 bits per heavy atom. The molecule has 0 saturated heterocycles. The summed E-state index contributed by atoms with van der Waals surface area (Å²) in [5, 5.41) is 19.2. The molecule has 1 unspecified atom stereocenters. The molecule has 0 amide bonds. The Morgan fingerprint density at radius 1 is 1.00 bits per heavy atom. The second-order valence-electron chi connectivity index (χ2n) is 7.27. The number of hydrogen-bond acceptors (Lipinski definition) is 4. The lowest BCUT2D eigenvalue weighted by molar-refractivity contribution is 0.0536. The van der Waals surface area contributed by atoms with Crippen LogP contribution < -0.4 is 9.47 Å². The SMILES string of the molecule is CCCCOc1c(Cl)cc(C(C)(C)c2ccc(OCC(O)CO)cc2)cc1Cl. The Bertz CT molecular complexity index is 737. The summed E-state index contributed by atoms with van der Waals surface area (Å²) in [5.74, 6) is 1.16. The van der Waals surface area contributed by atoms with E-state index >= 15 is 0 Å². The van der Waals surface area contributed by atoms with E-state index in [4.69, 9.17) is 37.8 Å². The fourth-order valence-electron chi connectivity index (χ4n) is 2.76. The molecule has 2 aromatic rings. The topological polar surface area (TPSA) is 58.9 Å². The van der Waals surface area contributed by atoms with Gasteiger partial charge in [0.2, 0.25) is 0 Å². The van der Waals surface area contributed by atoms with Crippen LogP contribution in [0.1, 0.15) is 44.7 Å². The molecule has 4 nitrogen and oxygen atoms in total. The van der Waals surface area contributed by atoms with Crippen molar-refractivity contribution < 1.29 is 19.7 Å². The Hall–Kier alpha value is -1.46. The van der Waals surface area contributed by atoms with Crippen molar-refractivity contribution in [3.63, 3.8) is 0 Å². The van der Waals surface area contributed by atoms with Gasteiger partial charge in [-0.15, -0.1) is 0 Å². The summed E-state index contributed by atoms with van der Waals surface area (Å²) in [4.78, 5) is 0. The standard InChI is InChI=1S/C22H28Cl2O4/c1-4-5-10-27-21-19(23)11-16(12-20(21)24)22(2,3)15-6-8-18(9-7-15)28-14-17(26)13-25/h6-9,11-12,17,25-26H,4-5,10,13-14H2,1-3H3. The van der Waals surface area contributed by atoms with Crippen molar-refractivity contribution in [3.05, 3.63) is 57.6 Å². The van der Waals surface area contributed by atoms with Crippen molar-refractivity contribution >= 4 is 23.2 Å². The van der Waals surface area contributed by atoms with Crippen LogP contribution in [0.3, 0.4) is 0 Å². The van der Waals surface area contributed by atoms with Crippen molar-refractivity contribution in [3.8, 4) is 11.5 Å². The molecule has 0 bridgehead atoms. The molecular weight excluding hydrogens is 399 g/mol. The zero-order valence-corrected chi connectivity index (χ0v) is 18.1. The Morgan fingerprint density at radius 3 is 2.14 bits per heavy atom. The van der Waals surface area contributed by atoms with E-state index in [9.17, 15) is 5.11 Å². The highest BCUT2D eigenvalue weighted by Gasteiger charge is 2.25. The fourth-order valence-corrected chi connectivity index (χ4v) is 3.35. The fraction of sp³-hybridized carbons (Fsp3) is 0.455. The number of rotatable bonds is 10. The molecule has 28 heavy (non-hydrogen) atoms. The molecule has 1 atom stereocenters. The van der Waals surface area contributed by atoms with Crippen molar-refractivity contribution in [1.29, 1.82) is 0 Å². The van der Waals surface area contributed by atoms with Gasteiger partial charge in [0.05, 0.1) is 23.3 Å². The summed E-state index contributed by atoms with van der Waals surface area (Å²) >= 11 is 12.9. The van der Waals surface area contributed by atoms with Crippen LogP contribution in [0.2, 0.25) is 10.0 Å². The first kappa shape index (κ1) is 22.8. The minimum Gasteiger partial charge on any atom is -0.491 e. The molecule has 0 radical (unpaired) electrons. The van der Waals surface area contributed by atoms with Gasteiger partial charge in [-0.05, 0) is 41.8 Å². The molecule has 0 heterocycles. The third kappa shape index (κ3) is 5.77. The lowest BCUT2D eigenvalue weighted by Gasteiger charge is -2.27. The third-order valence-corrected chi connectivity index (χ3v) is 5.25. The number of aliphatic hydroxyl groups is 2. The Labute approximate surface area is 177 Å². The van der Waals surface area contributed by atoms with Gasteiger partial charge in [0.25, 0.3) is 0 Å². The second kappa shape index (κ2) is 10.4. The zero-order valence-electron chi connectivity index (χ0n) is 16.5. The average molecular weight is 427 g/mol. The lowest BCUT2D eigenvalue weighted by Crippen LogP contribution is -2.21. The first-order valence-electron chi connectivity index (χ1n) is 9.44. The number of halogens is 2. The van der Waals surface area contributed by atoms with Crippen LogP contribution in [-0.2, 0) is 5.41 Å². The molecule has 0 aromatic heterocycles. The minimum atomic E-state index is -0.890. The zero-order chi connectivity index (χ0) is 20.7. The molecule has 0 aliphatic heterocycles. The van der Waals surface area contributed by atoms with E-state index in [0.29, 0.717) is 28.2 Å². The number of unbranched alkanes of at least 4 members (excludes halogenated alkanes) is 1. The average Bonchev–Trinajstić information content (AvgIpc) is 2.68. The molecule has 0 spiro atoms. The molecule has 2 aromatic carbocycles. The first-order chi connectivity index (χ1) is 13.3. The van der Waals surface area contributed by atoms with Crippen molar-refractivity contribution in [2.75, 3.05) is 19.8 Å². The van der Waals surface area contributed by atoms with Crippen molar-refractivity contribution in [1.82, 2.24) is 0 Å². The summed E-state index contributed by atoms with van der Waals surface area (Å²) in [6, 6.07) is 11.4. The largest absolute Gasteiger partial charge is 0.491 e. The van der Waals surface area contributed by atoms with Crippen LogP contribution >= 0.6 is 23.2 Å². The molecule has 2 rings (SSSR count). The highest BCUT2D eigenvalue weighted by atomic mass is 35.5. The maximum atomic E-state index is 9.38. The number of hydrogen-bond donors (Lipinski definition) is 2. The molecule has 154 valence electrons. The van der Waals surface area contributed by atoms with Crippen molar-refractivity contribution in [2.45, 2.75) is 45.1 Å². The van der Waals surface area contributed by atoms with Gasteiger partial charge in [-0.2, -0.15) is 0 Å². The normalized spacial score (nSPS) is 12.7. The first-order valence-corrected chi connectivity index (χ1v) is 10.2. The summed E-state index contributed by atoms with van der Waals surface area (Å²) in [6.45, 7) is 6.60. The molecule has 6 heteroatoms. The highest BCUT2D eigenvalue weighted by molar-refractivity contribution is 6.37. The maximum absolute atomic E-state index is 9.38. The van der Waals surface area contributed by atoms with Gasteiger partial charge in [-0.1, -0.05) is 62.5 Å². The number of ether oxygens (including phenoxy) is 2. The maximum Gasteiger partial charge on any atom is 0.156 e. The summed E-state index contributed by atoms with van der Waals surface area (Å²) in [7, 11) is 0. The summed E-state index contributed by atoms with van der Waals surface area (Å²) < 4.78 is 11.2. The van der Waals surface area contributed by atoms with Crippen LogP contribution in [0.5, 0.6) is 11.5 Å². The molecule has 0 aliphatic rings. The smallest absolute Gasteiger partial charge is 0.156 e. The highest BCUT2D eigenvalue weighted by Crippen LogP contribution is 2.40. The van der Waals surface area contributed by atoms with Gasteiger partial charge in [-0.25, -0.2) is 0 Å². The third-order valence-electron chi connectivity index (χ3n) is 4.69. The quantitative estimate of drug-likeness (QED) is 0.510. The van der Waals surface area contributed by atoms with Gasteiger partial charge >= 0.3 is 0 Å². The van der Waals surface area contributed by atoms with Crippen LogP contribution in [0.25, 0.3) is 0 Å². The van der Waals surface area contributed by atoms with Gasteiger partial charge in [0, 0.05) is 5.41 Å². The second-order valence-corrected chi connectivity index (χ2v) is 8.08. The van der Waals surface area contributed by atoms with Gasteiger partial charge < -0.3 is 19.7 Å². The van der Waals surface area contributed by atoms with E-state index in [2.05, 4.69) is 20.8 Å². The van der Waals surface area contributed by atoms with Crippen LogP contribution in [0.4, 0.5) is 0 Å². The van der Waals surface area contributed by atoms with Gasteiger partial charge in [0.15, 0.2) is 5.75 Å². The van der Waals surface area contributed by atoms with Gasteiger partial charge in [-0.3, -0.25) is 0 Å². The minimum absolute atomic E-state index is 0.0456. The predicted octanol–water partition coefficient (Wildman–Crippen LogP) is 5.23. The molecule has 0 aliphatic carbocycles. The van der Waals surface area contributed by atoms with Gasteiger partial charge in [0.1, 0.15) is 18.5 Å². The van der Waals surface area contributed by atoms with E-state index in [1.165, 1.54) is 0 Å². The Balaban J connectivity index is 2.19. The van der Waals surface area contributed by atoms with E-state index in [-0.39, 0.29) is 18.6 Å². The molecule has 0 fully saturated rings. The molecule has 0 saturated carbocycles. The number of aliphatic hydroxyl groups excluding tert-OH is 2.